The number of hydrogen-bond donors (Lipinski definition) is 13. The highest BCUT2D eigenvalue weighted by atomic mass is 16.8. The smallest absolute Gasteiger partial charge is 0.312 e. The molecule has 4 saturated carbocycles. The molecule has 23 nitrogen and oxygen atoms in total. The average molecular weight is 1100 g/mol. The zero-order valence-corrected chi connectivity index (χ0v) is 45.5. The monoisotopic (exact) mass is 1100 g/mol. The zero-order chi connectivity index (χ0) is 56.3. The minimum Gasteiger partial charge on any atom is -0.481 e. The second-order valence-corrected chi connectivity index (χ2v) is 26.3. The van der Waals surface area contributed by atoms with E-state index in [2.05, 4.69) is 59.9 Å². The summed E-state index contributed by atoms with van der Waals surface area (Å²) in [5.74, 6) is -1.81. The number of carbonyl (C=O) groups excluding carboxylic acids is 1. The number of carboxylic acid groups (broad SMARTS) is 1. The van der Waals surface area contributed by atoms with Crippen molar-refractivity contribution in [3.8, 4) is 0 Å². The Bertz CT molecular complexity index is 2170. The van der Waals surface area contributed by atoms with Crippen LogP contribution in [0.15, 0.2) is 11.6 Å². The number of aliphatic hydroxyl groups is 11. The summed E-state index contributed by atoms with van der Waals surface area (Å²) in [4.78, 5) is 26.7. The Labute approximate surface area is 449 Å². The van der Waals surface area contributed by atoms with Crippen molar-refractivity contribution in [1.29, 1.82) is 0 Å². The molecule has 440 valence electrons. The minimum atomic E-state index is -1.74. The quantitative estimate of drug-likeness (QED) is 0.0817. The van der Waals surface area contributed by atoms with Crippen LogP contribution in [0, 0.1) is 50.2 Å². The number of aliphatic carboxylic acids is 1. The van der Waals surface area contributed by atoms with Crippen molar-refractivity contribution in [3.63, 3.8) is 0 Å². The summed E-state index contributed by atoms with van der Waals surface area (Å²) in [6.45, 7) is 14.9. The maximum absolute atomic E-state index is 14.0. The summed E-state index contributed by atoms with van der Waals surface area (Å²) in [6, 6.07) is -1.22. The molecule has 9 aliphatic rings. The van der Waals surface area contributed by atoms with Gasteiger partial charge in [-0.05, 0) is 103 Å². The number of aliphatic hydroxyl groups excluding tert-OH is 11. The van der Waals surface area contributed by atoms with Crippen molar-refractivity contribution in [2.75, 3.05) is 26.4 Å². The molecular weight excluding hydrogens is 1010 g/mol. The standard InChI is InChI=1S/C54H87NO22/c1-23(57)55-34-39(64)38(63)29(22-72-47-43(36(61)27(59)21-71-47)77-45-41(66)35(60)26(58)20-70-45)74-44(34)75-32-12-13-51(6)30(50(32,4)5)11-14-52(7)31(51)10-9-24-25-17-49(2,3)15-16-54(25,48(68)69)33(18-53(24,52)8)76-46-42(67)40(65)37(62)28(19-56)73-46/h9,25-47,56,58-67H,10-22H2,1-8H3,(H,55,57)(H,68,69)/t25-,26-,27-,28+,29+,30-,31+,32-,33+,34+,35-,36-,37+,38+,39+,40-,41+,42+,43+,44-,45-,46-,47-,51-,52+,53+,54+/m0/s1. The first-order valence-electron chi connectivity index (χ1n) is 27.7. The molecule has 0 aromatic heterocycles. The third kappa shape index (κ3) is 9.96. The number of hydrogen-bond acceptors (Lipinski definition) is 21. The molecule has 0 aromatic carbocycles. The second kappa shape index (κ2) is 21.6. The average Bonchev–Trinajstić information content (AvgIpc) is 3.36. The maximum atomic E-state index is 14.0. The number of amides is 1. The number of ether oxygens (including phenoxy) is 8. The first-order chi connectivity index (χ1) is 36.0. The fourth-order valence-corrected chi connectivity index (χ4v) is 16.5. The number of carboxylic acids is 1. The lowest BCUT2D eigenvalue weighted by molar-refractivity contribution is -0.352. The molecule has 27 atom stereocenters. The van der Waals surface area contributed by atoms with Crippen LogP contribution >= 0.6 is 0 Å². The Morgan fingerprint density at radius 3 is 1.94 bits per heavy atom. The van der Waals surface area contributed by atoms with E-state index in [-0.39, 0.29) is 29.1 Å². The topological polar surface area (TPSA) is 363 Å². The van der Waals surface area contributed by atoms with Crippen LogP contribution < -0.4 is 5.32 Å². The van der Waals surface area contributed by atoms with E-state index in [9.17, 15) is 70.9 Å². The molecule has 4 aliphatic heterocycles. The van der Waals surface area contributed by atoms with Crippen molar-refractivity contribution in [2.24, 2.45) is 50.2 Å². The highest BCUT2D eigenvalue weighted by Crippen LogP contribution is 2.76. The van der Waals surface area contributed by atoms with Crippen molar-refractivity contribution in [3.05, 3.63) is 11.6 Å². The van der Waals surface area contributed by atoms with Crippen molar-refractivity contribution in [2.45, 2.75) is 236 Å². The zero-order valence-electron chi connectivity index (χ0n) is 45.5. The molecular formula is C54H87NO22. The van der Waals surface area contributed by atoms with Gasteiger partial charge in [-0.3, -0.25) is 9.59 Å². The van der Waals surface area contributed by atoms with Crippen molar-refractivity contribution >= 4 is 11.9 Å². The van der Waals surface area contributed by atoms with Crippen LogP contribution in [0.3, 0.4) is 0 Å². The molecule has 9 rings (SSSR count). The van der Waals surface area contributed by atoms with E-state index < -0.39 is 189 Å². The molecule has 13 N–H and O–H groups in total. The highest BCUT2D eigenvalue weighted by molar-refractivity contribution is 5.78. The van der Waals surface area contributed by atoms with Gasteiger partial charge in [0.25, 0.3) is 0 Å². The van der Waals surface area contributed by atoms with E-state index in [0.717, 1.165) is 18.4 Å². The predicted molar refractivity (Wildman–Crippen MR) is 264 cm³/mol. The Balaban J connectivity index is 0.957. The van der Waals surface area contributed by atoms with Gasteiger partial charge in [0.2, 0.25) is 5.91 Å². The van der Waals surface area contributed by atoms with Gasteiger partial charge in [0.15, 0.2) is 25.2 Å². The van der Waals surface area contributed by atoms with Gasteiger partial charge >= 0.3 is 5.97 Å². The summed E-state index contributed by atoms with van der Waals surface area (Å²) < 4.78 is 48.8. The van der Waals surface area contributed by atoms with Gasteiger partial charge in [-0.25, -0.2) is 0 Å². The van der Waals surface area contributed by atoms with Crippen LogP contribution in [0.25, 0.3) is 0 Å². The molecule has 4 heterocycles. The Hall–Kier alpha value is -2.08. The predicted octanol–water partition coefficient (Wildman–Crippen LogP) is -1.08. The fraction of sp³-hybridized carbons (Fsp3) is 0.926. The summed E-state index contributed by atoms with van der Waals surface area (Å²) in [6.07, 6.45) is -20.0. The number of nitrogens with one attached hydrogen (secondary N) is 1. The van der Waals surface area contributed by atoms with E-state index in [1.54, 1.807) is 0 Å². The number of allylic oxidation sites excluding steroid dienone is 2. The van der Waals surface area contributed by atoms with Crippen molar-refractivity contribution in [1.82, 2.24) is 5.32 Å². The normalized spacial score (nSPS) is 52.4. The van der Waals surface area contributed by atoms with Crippen LogP contribution in [0.5, 0.6) is 0 Å². The third-order valence-corrected chi connectivity index (χ3v) is 21.1. The molecule has 0 spiro atoms. The molecule has 23 heteroatoms. The summed E-state index contributed by atoms with van der Waals surface area (Å²) in [7, 11) is 0. The van der Waals surface area contributed by atoms with E-state index >= 15 is 0 Å². The summed E-state index contributed by atoms with van der Waals surface area (Å²) in [5.41, 5.74) is -2.37. The lowest BCUT2D eigenvalue weighted by atomic mass is 9.33. The molecule has 0 bridgehead atoms. The fourth-order valence-electron chi connectivity index (χ4n) is 16.5. The third-order valence-electron chi connectivity index (χ3n) is 21.1. The highest BCUT2D eigenvalue weighted by Gasteiger charge is 2.72. The summed E-state index contributed by atoms with van der Waals surface area (Å²) >= 11 is 0. The van der Waals surface area contributed by atoms with E-state index in [1.165, 1.54) is 6.92 Å². The molecule has 8 fully saturated rings. The molecule has 1 amide bonds. The van der Waals surface area contributed by atoms with Gasteiger partial charge in [-0.15, -0.1) is 0 Å². The lowest BCUT2D eigenvalue weighted by Gasteiger charge is -2.72. The van der Waals surface area contributed by atoms with Crippen molar-refractivity contribution < 1.29 is 109 Å². The molecule has 0 aromatic rings. The van der Waals surface area contributed by atoms with Gasteiger partial charge < -0.3 is 104 Å². The first-order valence-corrected chi connectivity index (χ1v) is 27.7. The maximum Gasteiger partial charge on any atom is 0.312 e. The Morgan fingerprint density at radius 2 is 1.27 bits per heavy atom. The number of carbonyl (C=O) groups is 2. The largest absolute Gasteiger partial charge is 0.481 e. The van der Waals surface area contributed by atoms with Crippen LogP contribution in [-0.2, 0) is 47.5 Å². The molecule has 5 aliphatic carbocycles. The lowest BCUT2D eigenvalue weighted by Crippen LogP contribution is -2.69. The molecule has 4 saturated heterocycles. The minimum absolute atomic E-state index is 0.0532. The number of fused-ring (bicyclic) bond motifs is 7. The first kappa shape index (κ1) is 59.5. The van der Waals surface area contributed by atoms with Crippen LogP contribution in [0.2, 0.25) is 0 Å². The van der Waals surface area contributed by atoms with Gasteiger partial charge in [0.05, 0.1) is 38.6 Å². The Kier molecular flexibility index (Phi) is 16.7. The van der Waals surface area contributed by atoms with Crippen LogP contribution in [0.4, 0.5) is 0 Å². The SMILES string of the molecule is CC(=O)N[C@H]1[C@H](O[C@H]2CC[C@]3(C)[C@H]4CC=C5[C@@H]6CC(C)(C)CC[C@]6(C(=O)O)[C@H](O[C@@H]6O[C@H](CO)[C@@H](O)[C@H](O)[C@H]6O)C[C@@]5(C)[C@]4(C)CC[C@H]3C2(C)C)O[C@H](CO[C@@H]2OC[C@H](O)[C@H](O)[C@H]2O[C@@H]2OC[C@H](O)[C@H](O)[C@H]2O)[C@@H](O)[C@@H]1O. The van der Waals surface area contributed by atoms with E-state index in [1.807, 2.05) is 0 Å². The van der Waals surface area contributed by atoms with Crippen LogP contribution in [0.1, 0.15) is 113 Å². The Morgan fingerprint density at radius 1 is 0.649 bits per heavy atom. The molecule has 0 radical (unpaired) electrons. The van der Waals surface area contributed by atoms with E-state index in [0.29, 0.717) is 38.5 Å². The van der Waals surface area contributed by atoms with Crippen LogP contribution in [-0.4, -0.2) is 222 Å². The number of rotatable bonds is 12. The summed E-state index contributed by atoms with van der Waals surface area (Å²) in [5, 5.41) is 132. The molecule has 77 heavy (non-hydrogen) atoms. The second-order valence-electron chi connectivity index (χ2n) is 26.3. The van der Waals surface area contributed by atoms with E-state index in [4.69, 9.17) is 37.9 Å². The van der Waals surface area contributed by atoms with Gasteiger partial charge in [-0.2, -0.15) is 0 Å². The van der Waals surface area contributed by atoms with Gasteiger partial charge in [0.1, 0.15) is 90.8 Å². The van der Waals surface area contributed by atoms with Gasteiger partial charge in [-0.1, -0.05) is 60.1 Å². The molecule has 0 unspecified atom stereocenters. The van der Waals surface area contributed by atoms with Gasteiger partial charge in [0, 0.05) is 6.92 Å².